The van der Waals surface area contributed by atoms with Gasteiger partial charge in [-0.3, -0.25) is 4.79 Å². The van der Waals surface area contributed by atoms with E-state index in [0.29, 0.717) is 31.7 Å². The first-order valence-corrected chi connectivity index (χ1v) is 11.2. The lowest BCUT2D eigenvalue weighted by Gasteiger charge is -2.32. The SMILES string of the molecule is COc1cccc(N(C)C(=O)C2CCN(S(=O)(=O)c3ccc(Br)cc3)CC2)c1. The molecule has 3 rings (SSSR count). The van der Waals surface area contributed by atoms with E-state index in [4.69, 9.17) is 4.74 Å². The van der Waals surface area contributed by atoms with Crippen LogP contribution in [0.3, 0.4) is 0 Å². The maximum absolute atomic E-state index is 12.9. The molecule has 0 spiro atoms. The Balaban J connectivity index is 1.65. The molecule has 0 unspecified atom stereocenters. The Morgan fingerprint density at radius 1 is 1.14 bits per heavy atom. The molecule has 0 aromatic heterocycles. The summed E-state index contributed by atoms with van der Waals surface area (Å²) in [5, 5.41) is 0. The number of amides is 1. The fourth-order valence-electron chi connectivity index (χ4n) is 3.32. The number of piperidine rings is 1. The quantitative estimate of drug-likeness (QED) is 0.675. The zero-order valence-corrected chi connectivity index (χ0v) is 18.2. The first kappa shape index (κ1) is 20.8. The summed E-state index contributed by atoms with van der Waals surface area (Å²) in [7, 11) is -0.214. The Bertz CT molecular complexity index is 939. The molecule has 150 valence electrons. The zero-order chi connectivity index (χ0) is 20.3. The van der Waals surface area contributed by atoms with Gasteiger partial charge in [-0.2, -0.15) is 4.31 Å². The van der Waals surface area contributed by atoms with Gasteiger partial charge >= 0.3 is 0 Å². The highest BCUT2D eigenvalue weighted by Gasteiger charge is 2.33. The highest BCUT2D eigenvalue weighted by Crippen LogP contribution is 2.28. The number of hydrogen-bond donors (Lipinski definition) is 0. The lowest BCUT2D eigenvalue weighted by Crippen LogP contribution is -2.43. The van der Waals surface area contributed by atoms with Crippen LogP contribution in [0.2, 0.25) is 0 Å². The standard InChI is InChI=1S/C20H23BrN2O4S/c1-22(17-4-3-5-18(14-17)27-2)20(24)15-10-12-23(13-11-15)28(25,26)19-8-6-16(21)7-9-19/h3-9,14-15H,10-13H2,1-2H3. The number of anilines is 1. The predicted octanol–water partition coefficient (Wildman–Crippen LogP) is 3.52. The molecule has 28 heavy (non-hydrogen) atoms. The number of halogens is 1. The van der Waals surface area contributed by atoms with Crippen LogP contribution in [-0.4, -0.2) is 45.9 Å². The molecule has 0 radical (unpaired) electrons. The number of sulfonamides is 1. The number of carbonyl (C=O) groups excluding carboxylic acids is 1. The summed E-state index contributed by atoms with van der Waals surface area (Å²) in [4.78, 5) is 14.8. The van der Waals surface area contributed by atoms with Gasteiger partial charge < -0.3 is 9.64 Å². The van der Waals surface area contributed by atoms with E-state index < -0.39 is 10.0 Å². The molecule has 1 amide bonds. The predicted molar refractivity (Wildman–Crippen MR) is 112 cm³/mol. The number of benzene rings is 2. The molecule has 1 fully saturated rings. The van der Waals surface area contributed by atoms with E-state index in [1.54, 1.807) is 43.3 Å². The average Bonchev–Trinajstić information content (AvgIpc) is 2.73. The minimum absolute atomic E-state index is 0.00561. The molecule has 1 aliphatic heterocycles. The second-order valence-electron chi connectivity index (χ2n) is 6.73. The van der Waals surface area contributed by atoms with Crippen molar-refractivity contribution >= 4 is 37.5 Å². The van der Waals surface area contributed by atoms with Gasteiger partial charge in [0, 0.05) is 42.3 Å². The Morgan fingerprint density at radius 3 is 2.39 bits per heavy atom. The number of carbonyl (C=O) groups is 1. The Hall–Kier alpha value is -1.90. The van der Waals surface area contributed by atoms with Crippen molar-refractivity contribution in [1.29, 1.82) is 0 Å². The third-order valence-electron chi connectivity index (χ3n) is 5.03. The van der Waals surface area contributed by atoms with Crippen molar-refractivity contribution in [3.8, 4) is 5.75 Å². The fraction of sp³-hybridized carbons (Fsp3) is 0.350. The van der Waals surface area contributed by atoms with Gasteiger partial charge in [0.1, 0.15) is 5.75 Å². The number of hydrogen-bond acceptors (Lipinski definition) is 4. The van der Waals surface area contributed by atoms with Crippen molar-refractivity contribution in [2.75, 3.05) is 32.1 Å². The first-order chi connectivity index (χ1) is 13.3. The smallest absolute Gasteiger partial charge is 0.243 e. The molecule has 0 atom stereocenters. The molecular weight excluding hydrogens is 444 g/mol. The van der Waals surface area contributed by atoms with Gasteiger partial charge in [0.15, 0.2) is 0 Å². The normalized spacial score (nSPS) is 16.0. The number of ether oxygens (including phenoxy) is 1. The van der Waals surface area contributed by atoms with Crippen LogP contribution >= 0.6 is 15.9 Å². The molecule has 0 bridgehead atoms. The van der Waals surface area contributed by atoms with Gasteiger partial charge in [-0.15, -0.1) is 0 Å². The average molecular weight is 467 g/mol. The molecule has 2 aromatic carbocycles. The van der Waals surface area contributed by atoms with E-state index in [9.17, 15) is 13.2 Å². The van der Waals surface area contributed by atoms with Crippen molar-refractivity contribution in [1.82, 2.24) is 4.31 Å². The van der Waals surface area contributed by atoms with Crippen molar-refractivity contribution in [2.24, 2.45) is 5.92 Å². The van der Waals surface area contributed by atoms with Crippen LogP contribution in [-0.2, 0) is 14.8 Å². The van der Waals surface area contributed by atoms with Crippen molar-refractivity contribution in [3.05, 3.63) is 53.0 Å². The van der Waals surface area contributed by atoms with Crippen molar-refractivity contribution < 1.29 is 17.9 Å². The molecule has 0 saturated carbocycles. The summed E-state index contributed by atoms with van der Waals surface area (Å²) < 4.78 is 33.1. The van der Waals surface area contributed by atoms with E-state index in [0.717, 1.165) is 10.2 Å². The second kappa shape index (κ2) is 8.63. The van der Waals surface area contributed by atoms with Crippen LogP contribution in [0.15, 0.2) is 57.9 Å². The molecule has 1 saturated heterocycles. The molecule has 8 heteroatoms. The third-order valence-corrected chi connectivity index (χ3v) is 7.47. The Labute approximate surface area is 174 Å². The van der Waals surface area contributed by atoms with E-state index in [2.05, 4.69) is 15.9 Å². The molecule has 1 heterocycles. The van der Waals surface area contributed by atoms with Gasteiger partial charge in [0.05, 0.1) is 12.0 Å². The lowest BCUT2D eigenvalue weighted by atomic mass is 9.96. The van der Waals surface area contributed by atoms with Crippen LogP contribution in [0.5, 0.6) is 5.75 Å². The summed E-state index contributed by atoms with van der Waals surface area (Å²) in [6.45, 7) is 0.668. The molecule has 0 N–H and O–H groups in total. The summed E-state index contributed by atoms with van der Waals surface area (Å²) >= 11 is 3.32. The summed E-state index contributed by atoms with van der Waals surface area (Å²) in [5.41, 5.74) is 0.759. The van der Waals surface area contributed by atoms with E-state index in [1.165, 1.54) is 4.31 Å². The molecule has 2 aromatic rings. The monoisotopic (exact) mass is 466 g/mol. The molecular formula is C20H23BrN2O4S. The maximum atomic E-state index is 12.9. The van der Waals surface area contributed by atoms with Gasteiger partial charge in [0.25, 0.3) is 0 Å². The third kappa shape index (κ3) is 4.39. The van der Waals surface area contributed by atoms with Crippen molar-refractivity contribution in [3.63, 3.8) is 0 Å². The highest BCUT2D eigenvalue weighted by molar-refractivity contribution is 9.10. The van der Waals surface area contributed by atoms with Gasteiger partial charge in [-0.25, -0.2) is 8.42 Å². The fourth-order valence-corrected chi connectivity index (χ4v) is 5.05. The van der Waals surface area contributed by atoms with Gasteiger partial charge in [-0.1, -0.05) is 22.0 Å². The zero-order valence-electron chi connectivity index (χ0n) is 15.8. The van der Waals surface area contributed by atoms with E-state index in [-0.39, 0.29) is 16.7 Å². The highest BCUT2D eigenvalue weighted by atomic mass is 79.9. The van der Waals surface area contributed by atoms with Crippen LogP contribution in [0.1, 0.15) is 12.8 Å². The maximum Gasteiger partial charge on any atom is 0.243 e. The number of methoxy groups -OCH3 is 1. The first-order valence-electron chi connectivity index (χ1n) is 9.00. The Kier molecular flexibility index (Phi) is 6.42. The Morgan fingerprint density at radius 2 is 1.79 bits per heavy atom. The minimum atomic E-state index is -3.54. The lowest BCUT2D eigenvalue weighted by molar-refractivity contribution is -0.123. The van der Waals surface area contributed by atoms with Crippen molar-refractivity contribution in [2.45, 2.75) is 17.7 Å². The van der Waals surface area contributed by atoms with Crippen LogP contribution < -0.4 is 9.64 Å². The number of nitrogens with zero attached hydrogens (tertiary/aromatic N) is 2. The van der Waals surface area contributed by atoms with Gasteiger partial charge in [-0.05, 0) is 49.2 Å². The molecule has 0 aliphatic carbocycles. The largest absolute Gasteiger partial charge is 0.497 e. The van der Waals surface area contributed by atoms with Crippen LogP contribution in [0, 0.1) is 5.92 Å². The molecule has 1 aliphatic rings. The second-order valence-corrected chi connectivity index (χ2v) is 9.58. The number of rotatable bonds is 5. The summed E-state index contributed by atoms with van der Waals surface area (Å²) in [5.74, 6) is 0.481. The van der Waals surface area contributed by atoms with Gasteiger partial charge in [0.2, 0.25) is 15.9 Å². The minimum Gasteiger partial charge on any atom is -0.497 e. The van der Waals surface area contributed by atoms with E-state index >= 15 is 0 Å². The van der Waals surface area contributed by atoms with Crippen LogP contribution in [0.4, 0.5) is 5.69 Å². The van der Waals surface area contributed by atoms with E-state index in [1.807, 2.05) is 24.3 Å². The summed E-state index contributed by atoms with van der Waals surface area (Å²) in [6, 6.07) is 13.9. The topological polar surface area (TPSA) is 66.9 Å². The molecule has 6 nitrogen and oxygen atoms in total. The van der Waals surface area contributed by atoms with Crippen LogP contribution in [0.25, 0.3) is 0 Å². The summed E-state index contributed by atoms with van der Waals surface area (Å²) in [6.07, 6.45) is 1.01.